The predicted octanol–water partition coefficient (Wildman–Crippen LogP) is 5.82. The van der Waals surface area contributed by atoms with Gasteiger partial charge in [0.1, 0.15) is 0 Å². The molecule has 0 aromatic rings. The van der Waals surface area contributed by atoms with Crippen LogP contribution in [0.3, 0.4) is 0 Å². The summed E-state index contributed by atoms with van der Waals surface area (Å²) < 4.78 is 0. The van der Waals surface area contributed by atoms with E-state index in [1.54, 1.807) is 37.6 Å². The maximum atomic E-state index is 13.0. The zero-order valence-electron chi connectivity index (χ0n) is 23.7. The second-order valence-corrected chi connectivity index (χ2v) is 9.14. The van der Waals surface area contributed by atoms with Gasteiger partial charge in [-0.1, -0.05) is 61.6 Å². The highest BCUT2D eigenvalue weighted by molar-refractivity contribution is 5.82. The van der Waals surface area contributed by atoms with Crippen LogP contribution in [-0.4, -0.2) is 42.1 Å². The number of aliphatic carboxylic acids is 1. The zero-order valence-corrected chi connectivity index (χ0v) is 23.7. The van der Waals surface area contributed by atoms with Gasteiger partial charge in [-0.15, -0.1) is 6.58 Å². The summed E-state index contributed by atoms with van der Waals surface area (Å²) in [5, 5.41) is 23.7. The van der Waals surface area contributed by atoms with E-state index in [9.17, 15) is 9.59 Å². The summed E-state index contributed by atoms with van der Waals surface area (Å²) in [6.07, 6.45) is 21.4. The first kappa shape index (κ1) is 34.8. The third-order valence-electron chi connectivity index (χ3n) is 5.38. The monoisotopic (exact) mass is 533 g/mol. The molecule has 2 unspecified atom stereocenters. The smallest absolute Gasteiger partial charge is 0.303 e. The first-order valence-electron chi connectivity index (χ1n) is 12.9. The van der Waals surface area contributed by atoms with Crippen molar-refractivity contribution in [1.82, 2.24) is 10.6 Å². The normalized spacial score (nSPS) is 15.4. The Morgan fingerprint density at radius 2 is 1.97 bits per heavy atom. The fourth-order valence-electron chi connectivity index (χ4n) is 3.22. The predicted molar refractivity (Wildman–Crippen MR) is 161 cm³/mol. The van der Waals surface area contributed by atoms with Crippen LogP contribution in [0.1, 0.15) is 53.4 Å². The number of amides is 1. The second kappa shape index (κ2) is 20.8. The SMILES string of the molecule is C=CCC(C)(C=N/C=C/CC(/C=C/NC(C)=NCCCC(=O)O)C(=O)NC/C(C)=C/C=C(/C#N)C=C)/C=C\C. The molecule has 210 valence electrons. The Hall–Kier alpha value is -4.25. The van der Waals surface area contributed by atoms with Crippen molar-refractivity contribution in [3.8, 4) is 6.07 Å². The van der Waals surface area contributed by atoms with Crippen molar-refractivity contribution in [2.75, 3.05) is 13.1 Å². The maximum absolute atomic E-state index is 13.0. The summed E-state index contributed by atoms with van der Waals surface area (Å²) in [6.45, 7) is 15.8. The molecule has 0 saturated heterocycles. The third-order valence-corrected chi connectivity index (χ3v) is 5.38. The van der Waals surface area contributed by atoms with Gasteiger partial charge in [0.2, 0.25) is 5.91 Å². The molecule has 0 rings (SSSR count). The van der Waals surface area contributed by atoms with E-state index in [0.29, 0.717) is 37.3 Å². The Kier molecular flexibility index (Phi) is 18.5. The molecule has 0 aliphatic heterocycles. The summed E-state index contributed by atoms with van der Waals surface area (Å²) in [7, 11) is 0. The van der Waals surface area contributed by atoms with Crippen molar-refractivity contribution in [3.63, 3.8) is 0 Å². The van der Waals surface area contributed by atoms with Crippen LogP contribution in [0.15, 0.2) is 95.3 Å². The maximum Gasteiger partial charge on any atom is 0.303 e. The number of aliphatic imine (C=N–C) groups is 2. The van der Waals surface area contributed by atoms with Gasteiger partial charge in [0.05, 0.1) is 23.4 Å². The highest BCUT2D eigenvalue weighted by Gasteiger charge is 2.16. The zero-order chi connectivity index (χ0) is 29.5. The van der Waals surface area contributed by atoms with Crippen LogP contribution in [-0.2, 0) is 9.59 Å². The number of carbonyl (C=O) groups is 2. The van der Waals surface area contributed by atoms with Gasteiger partial charge in [-0.05, 0) is 52.3 Å². The molecule has 0 radical (unpaired) electrons. The first-order valence-corrected chi connectivity index (χ1v) is 12.9. The molecule has 0 aromatic heterocycles. The Morgan fingerprint density at radius 1 is 1.23 bits per heavy atom. The van der Waals surface area contributed by atoms with Crippen LogP contribution < -0.4 is 10.6 Å². The lowest BCUT2D eigenvalue weighted by molar-refractivity contribution is -0.137. The number of carbonyl (C=O) groups excluding carboxylic acids is 1. The van der Waals surface area contributed by atoms with E-state index < -0.39 is 11.9 Å². The van der Waals surface area contributed by atoms with E-state index in [0.717, 1.165) is 12.0 Å². The lowest BCUT2D eigenvalue weighted by Gasteiger charge is -2.17. The number of amidine groups is 1. The minimum atomic E-state index is -0.846. The minimum absolute atomic E-state index is 0.0697. The molecular formula is C31H43N5O3. The van der Waals surface area contributed by atoms with Gasteiger partial charge in [0, 0.05) is 37.3 Å². The molecule has 2 atom stereocenters. The number of carboxylic acids is 1. The number of hydrogen-bond donors (Lipinski definition) is 3. The largest absolute Gasteiger partial charge is 0.481 e. The van der Waals surface area contributed by atoms with Crippen LogP contribution in [0.2, 0.25) is 0 Å². The quantitative estimate of drug-likeness (QED) is 0.0511. The first-order chi connectivity index (χ1) is 18.6. The van der Waals surface area contributed by atoms with Crippen LogP contribution in [0.5, 0.6) is 0 Å². The highest BCUT2D eigenvalue weighted by atomic mass is 16.4. The van der Waals surface area contributed by atoms with Gasteiger partial charge in [-0.3, -0.25) is 19.6 Å². The summed E-state index contributed by atoms with van der Waals surface area (Å²) in [5.74, 6) is -0.849. The average Bonchev–Trinajstić information content (AvgIpc) is 2.89. The van der Waals surface area contributed by atoms with Crippen LogP contribution >= 0.6 is 0 Å². The number of carboxylic acid groups (broad SMARTS) is 1. The van der Waals surface area contributed by atoms with Gasteiger partial charge in [0.25, 0.3) is 0 Å². The van der Waals surface area contributed by atoms with Crippen molar-refractivity contribution in [2.45, 2.75) is 53.4 Å². The molecule has 8 nitrogen and oxygen atoms in total. The van der Waals surface area contributed by atoms with E-state index >= 15 is 0 Å². The van der Waals surface area contributed by atoms with Crippen LogP contribution in [0.4, 0.5) is 0 Å². The number of nitrogens with zero attached hydrogens (tertiary/aromatic N) is 3. The molecule has 0 aliphatic rings. The van der Waals surface area contributed by atoms with Crippen molar-refractivity contribution in [1.29, 1.82) is 5.26 Å². The van der Waals surface area contributed by atoms with E-state index in [2.05, 4.69) is 46.8 Å². The van der Waals surface area contributed by atoms with Gasteiger partial charge in [-0.2, -0.15) is 5.26 Å². The molecule has 1 amide bonds. The summed E-state index contributed by atoms with van der Waals surface area (Å²) in [5.41, 5.74) is 1.10. The minimum Gasteiger partial charge on any atom is -0.481 e. The summed E-state index contributed by atoms with van der Waals surface area (Å²) >= 11 is 0. The molecule has 0 aliphatic carbocycles. The highest BCUT2D eigenvalue weighted by Crippen LogP contribution is 2.21. The topological polar surface area (TPSA) is 127 Å². The Balaban J connectivity index is 5.42. The van der Waals surface area contributed by atoms with Crippen molar-refractivity contribution in [2.24, 2.45) is 21.3 Å². The Bertz CT molecular complexity index is 1070. The molecular weight excluding hydrogens is 490 g/mol. The standard InChI is InChI=1S/C31H43N5O3/c1-7-17-31(6,18-8-2)24-33-19-10-12-28(16-21-35-26(5)34-20-11-13-29(37)38)30(39)36-23-25(4)14-15-27(9-3)22-32/h7-10,14-16,18-19,21,24,28H,1,3,11-13,17,20,23H2,2,4-6H3,(H,34,35)(H,36,39)(H,37,38)/b18-8-,19-10+,21-16+,25-14+,27-15+,33-24?. The van der Waals surface area contributed by atoms with Gasteiger partial charge in [-0.25, -0.2) is 0 Å². The Labute approximate surface area is 233 Å². The van der Waals surface area contributed by atoms with Gasteiger partial charge >= 0.3 is 5.97 Å². The number of hydrogen-bond acceptors (Lipinski definition) is 5. The van der Waals surface area contributed by atoms with E-state index in [-0.39, 0.29) is 17.7 Å². The number of allylic oxidation sites excluding steroid dienone is 8. The van der Waals surface area contributed by atoms with E-state index in [4.69, 9.17) is 10.4 Å². The summed E-state index contributed by atoms with van der Waals surface area (Å²) in [6, 6.07) is 2.03. The van der Waals surface area contributed by atoms with Crippen molar-refractivity contribution >= 4 is 23.9 Å². The summed E-state index contributed by atoms with van der Waals surface area (Å²) in [4.78, 5) is 32.3. The molecule has 8 heteroatoms. The molecule has 0 bridgehead atoms. The average molecular weight is 534 g/mol. The molecule has 39 heavy (non-hydrogen) atoms. The second-order valence-electron chi connectivity index (χ2n) is 9.14. The molecule has 0 saturated carbocycles. The lowest BCUT2D eigenvalue weighted by Crippen LogP contribution is -2.31. The number of nitrogens with one attached hydrogen (secondary N) is 2. The van der Waals surface area contributed by atoms with Gasteiger partial charge < -0.3 is 15.7 Å². The fraction of sp³-hybridized carbons (Fsp3) is 0.387. The molecule has 0 fully saturated rings. The molecule has 0 heterocycles. The van der Waals surface area contributed by atoms with Crippen molar-refractivity contribution in [3.05, 3.63) is 85.3 Å². The number of rotatable bonds is 18. The van der Waals surface area contributed by atoms with Crippen LogP contribution in [0.25, 0.3) is 0 Å². The van der Waals surface area contributed by atoms with Crippen LogP contribution in [0, 0.1) is 22.7 Å². The molecule has 0 spiro atoms. The fourth-order valence-corrected chi connectivity index (χ4v) is 3.22. The Morgan fingerprint density at radius 3 is 2.59 bits per heavy atom. The molecule has 0 aromatic carbocycles. The van der Waals surface area contributed by atoms with Gasteiger partial charge in [0.15, 0.2) is 0 Å². The third kappa shape index (κ3) is 17.8. The van der Waals surface area contributed by atoms with E-state index in [1.807, 2.05) is 44.4 Å². The lowest BCUT2D eigenvalue weighted by atomic mass is 9.88. The van der Waals surface area contributed by atoms with Crippen molar-refractivity contribution < 1.29 is 14.7 Å². The van der Waals surface area contributed by atoms with E-state index in [1.165, 1.54) is 6.08 Å². The number of nitriles is 1. The molecule has 3 N–H and O–H groups in total.